The summed E-state index contributed by atoms with van der Waals surface area (Å²) in [5, 5.41) is 1.05. The van der Waals surface area contributed by atoms with Crippen molar-refractivity contribution in [3.05, 3.63) is 59.3 Å². The first kappa shape index (κ1) is 17.8. The third-order valence-corrected chi connectivity index (χ3v) is 6.38. The molecule has 1 aromatic heterocycles. The van der Waals surface area contributed by atoms with E-state index in [1.807, 2.05) is 56.3 Å². The monoisotopic (exact) mass is 389 g/mol. The summed E-state index contributed by atoms with van der Waals surface area (Å²) in [4.78, 5) is 33.6. The number of H-pyrrole nitrogens is 1. The Balaban J connectivity index is 1.69. The highest BCUT2D eigenvalue weighted by Crippen LogP contribution is 2.46. The molecule has 1 atom stereocenters. The fraction of sp³-hybridized carbons (Fsp3) is 0.304. The number of benzene rings is 2. The zero-order valence-corrected chi connectivity index (χ0v) is 16.8. The number of amides is 3. The Kier molecular flexibility index (Phi) is 3.75. The second-order valence-electron chi connectivity index (χ2n) is 7.77. The van der Waals surface area contributed by atoms with E-state index in [9.17, 15) is 9.59 Å². The van der Waals surface area contributed by atoms with E-state index >= 15 is 0 Å². The maximum atomic E-state index is 13.7. The molecule has 2 aromatic carbocycles. The molecule has 1 N–H and O–H groups in total. The van der Waals surface area contributed by atoms with Gasteiger partial charge in [0.05, 0.1) is 18.5 Å². The molecule has 5 rings (SSSR count). The lowest BCUT2D eigenvalue weighted by Crippen LogP contribution is -2.49. The van der Waals surface area contributed by atoms with Gasteiger partial charge in [-0.1, -0.05) is 25.1 Å². The smallest absolute Gasteiger partial charge is 0.332 e. The first-order valence-corrected chi connectivity index (χ1v) is 9.93. The second kappa shape index (κ2) is 6.11. The van der Waals surface area contributed by atoms with Gasteiger partial charge in [0.2, 0.25) is 0 Å². The normalized spacial score (nSPS) is 20.9. The Morgan fingerprint density at radius 3 is 2.72 bits per heavy atom. The third-order valence-electron chi connectivity index (χ3n) is 6.38. The number of nitrogens with one attached hydrogen (secondary N) is 1. The van der Waals surface area contributed by atoms with Crippen LogP contribution in [0.1, 0.15) is 30.7 Å². The fourth-order valence-corrected chi connectivity index (χ4v) is 4.79. The largest absolute Gasteiger partial charge is 0.497 e. The lowest BCUT2D eigenvalue weighted by molar-refractivity contribution is -0.125. The van der Waals surface area contributed by atoms with E-state index in [0.29, 0.717) is 18.7 Å². The summed E-state index contributed by atoms with van der Waals surface area (Å²) in [6.45, 7) is 4.39. The van der Waals surface area contributed by atoms with Gasteiger partial charge in [0.15, 0.2) is 5.54 Å². The van der Waals surface area contributed by atoms with Crippen molar-refractivity contribution in [1.29, 1.82) is 0 Å². The SMILES string of the molecule is CCc1ccccc1N1C(=O)N2CCc3c([nH]c4ccc(OC)cc34)[C@@]2(C)C1=O. The highest BCUT2D eigenvalue weighted by molar-refractivity contribution is 6.24. The van der Waals surface area contributed by atoms with Gasteiger partial charge in [0, 0.05) is 17.4 Å². The van der Waals surface area contributed by atoms with Crippen LogP contribution in [0.4, 0.5) is 10.5 Å². The van der Waals surface area contributed by atoms with Crippen molar-refractivity contribution in [2.45, 2.75) is 32.2 Å². The van der Waals surface area contributed by atoms with Crippen molar-refractivity contribution < 1.29 is 14.3 Å². The summed E-state index contributed by atoms with van der Waals surface area (Å²) in [5.74, 6) is 0.571. The van der Waals surface area contributed by atoms with Crippen LogP contribution in [0.25, 0.3) is 10.9 Å². The molecule has 6 nitrogen and oxygen atoms in total. The highest BCUT2D eigenvalue weighted by atomic mass is 16.5. The number of rotatable bonds is 3. The number of carbonyl (C=O) groups excluding carboxylic acids is 2. The zero-order valence-electron chi connectivity index (χ0n) is 16.8. The van der Waals surface area contributed by atoms with Crippen molar-refractivity contribution in [3.8, 4) is 5.75 Å². The van der Waals surface area contributed by atoms with E-state index < -0.39 is 5.54 Å². The van der Waals surface area contributed by atoms with Crippen molar-refractivity contribution in [2.75, 3.05) is 18.6 Å². The van der Waals surface area contributed by atoms with Crippen molar-refractivity contribution in [2.24, 2.45) is 0 Å². The van der Waals surface area contributed by atoms with Gasteiger partial charge in [-0.2, -0.15) is 0 Å². The van der Waals surface area contributed by atoms with Gasteiger partial charge >= 0.3 is 6.03 Å². The van der Waals surface area contributed by atoms with Crippen LogP contribution in [0.3, 0.4) is 0 Å². The Morgan fingerprint density at radius 2 is 1.97 bits per heavy atom. The van der Waals surface area contributed by atoms with Gasteiger partial charge in [-0.25, -0.2) is 9.69 Å². The topological polar surface area (TPSA) is 65.6 Å². The number of nitrogens with zero attached hydrogens (tertiary/aromatic N) is 2. The van der Waals surface area contributed by atoms with Crippen LogP contribution in [0.2, 0.25) is 0 Å². The summed E-state index contributed by atoms with van der Waals surface area (Å²) in [5.41, 5.74) is 3.47. The van der Waals surface area contributed by atoms with Crippen molar-refractivity contribution in [1.82, 2.24) is 9.88 Å². The average Bonchev–Trinajstić information content (AvgIpc) is 3.21. The van der Waals surface area contributed by atoms with E-state index in [4.69, 9.17) is 4.74 Å². The number of hydrogen-bond acceptors (Lipinski definition) is 3. The Hall–Kier alpha value is -3.28. The zero-order chi connectivity index (χ0) is 20.3. The highest BCUT2D eigenvalue weighted by Gasteiger charge is 2.59. The molecule has 3 amide bonds. The molecular weight excluding hydrogens is 366 g/mol. The number of urea groups is 1. The number of aryl methyl sites for hydroxylation is 1. The number of aromatic nitrogens is 1. The number of methoxy groups -OCH3 is 1. The minimum Gasteiger partial charge on any atom is -0.497 e. The molecule has 0 radical (unpaired) electrons. The summed E-state index contributed by atoms with van der Waals surface area (Å²) in [6.07, 6.45) is 1.45. The van der Waals surface area contributed by atoms with Crippen molar-refractivity contribution >= 4 is 28.5 Å². The van der Waals surface area contributed by atoms with E-state index in [-0.39, 0.29) is 11.9 Å². The molecule has 3 aromatic rings. The minimum absolute atomic E-state index is 0.206. The molecule has 0 spiro atoms. The Bertz CT molecular complexity index is 1170. The minimum atomic E-state index is -1.04. The summed E-state index contributed by atoms with van der Waals surface area (Å²) < 4.78 is 5.38. The van der Waals surface area contributed by atoms with E-state index in [1.165, 1.54) is 4.90 Å². The second-order valence-corrected chi connectivity index (χ2v) is 7.77. The molecule has 1 fully saturated rings. The summed E-state index contributed by atoms with van der Waals surface area (Å²) in [7, 11) is 1.64. The molecule has 29 heavy (non-hydrogen) atoms. The molecule has 2 aliphatic heterocycles. The van der Waals surface area contributed by atoms with E-state index in [1.54, 1.807) is 12.0 Å². The molecule has 2 aliphatic rings. The fourth-order valence-electron chi connectivity index (χ4n) is 4.79. The number of ether oxygens (including phenoxy) is 1. The number of hydrogen-bond donors (Lipinski definition) is 1. The standard InChI is InChI=1S/C23H23N3O3/c1-4-14-7-5-6-8-19(14)26-21(27)23(2)20-16(11-12-25(23)22(26)28)17-13-15(29-3)9-10-18(17)24-20/h5-10,13,24H,4,11-12H2,1-3H3/t23-/m0/s1. The maximum Gasteiger partial charge on any atom is 0.332 e. The van der Waals surface area contributed by atoms with Crippen LogP contribution >= 0.6 is 0 Å². The van der Waals surface area contributed by atoms with Gasteiger partial charge in [-0.15, -0.1) is 0 Å². The van der Waals surface area contributed by atoms with Crippen LogP contribution in [0, 0.1) is 0 Å². The lowest BCUT2D eigenvalue weighted by atomic mass is 9.87. The van der Waals surface area contributed by atoms with Crippen LogP contribution in [-0.4, -0.2) is 35.5 Å². The van der Waals surface area contributed by atoms with Gasteiger partial charge in [-0.3, -0.25) is 4.79 Å². The van der Waals surface area contributed by atoms with Gasteiger partial charge in [-0.05, 0) is 55.2 Å². The number of carbonyl (C=O) groups is 2. The quantitative estimate of drug-likeness (QED) is 0.689. The molecule has 0 aliphatic carbocycles. The molecule has 0 bridgehead atoms. The van der Waals surface area contributed by atoms with Crippen LogP contribution in [0.15, 0.2) is 42.5 Å². The van der Waals surface area contributed by atoms with E-state index in [0.717, 1.165) is 39.9 Å². The number of anilines is 1. The Morgan fingerprint density at radius 1 is 1.17 bits per heavy atom. The molecule has 1 saturated heterocycles. The summed E-state index contributed by atoms with van der Waals surface area (Å²) in [6, 6.07) is 13.2. The number of fused-ring (bicyclic) bond motifs is 5. The van der Waals surface area contributed by atoms with Gasteiger partial charge in [0.25, 0.3) is 5.91 Å². The molecular formula is C23H23N3O3. The lowest BCUT2D eigenvalue weighted by Gasteiger charge is -2.35. The van der Waals surface area contributed by atoms with Crippen LogP contribution < -0.4 is 9.64 Å². The predicted octanol–water partition coefficient (Wildman–Crippen LogP) is 3.98. The number of aromatic amines is 1. The van der Waals surface area contributed by atoms with Crippen LogP contribution in [-0.2, 0) is 23.2 Å². The maximum absolute atomic E-state index is 13.7. The number of para-hydroxylation sites is 1. The predicted molar refractivity (Wildman–Crippen MR) is 111 cm³/mol. The molecule has 0 unspecified atom stereocenters. The summed E-state index contributed by atoms with van der Waals surface area (Å²) >= 11 is 0. The average molecular weight is 389 g/mol. The third kappa shape index (κ3) is 2.23. The molecule has 0 saturated carbocycles. The Labute approximate surface area is 169 Å². The number of imide groups is 1. The van der Waals surface area contributed by atoms with Gasteiger partial charge in [0.1, 0.15) is 5.75 Å². The first-order chi connectivity index (χ1) is 14.0. The molecule has 3 heterocycles. The van der Waals surface area contributed by atoms with E-state index in [2.05, 4.69) is 4.98 Å². The molecule has 6 heteroatoms. The first-order valence-electron chi connectivity index (χ1n) is 9.93. The molecule has 148 valence electrons. The van der Waals surface area contributed by atoms with Gasteiger partial charge < -0.3 is 14.6 Å². The van der Waals surface area contributed by atoms with Crippen molar-refractivity contribution in [3.63, 3.8) is 0 Å². The van der Waals surface area contributed by atoms with Crippen LogP contribution in [0.5, 0.6) is 5.75 Å².